The Morgan fingerprint density at radius 2 is 1.88 bits per heavy atom. The van der Waals surface area contributed by atoms with Gasteiger partial charge in [-0.3, -0.25) is 9.59 Å². The van der Waals surface area contributed by atoms with Gasteiger partial charge < -0.3 is 19.9 Å². The molecule has 2 amide bonds. The van der Waals surface area contributed by atoms with Crippen LogP contribution in [0.15, 0.2) is 47.6 Å². The summed E-state index contributed by atoms with van der Waals surface area (Å²) >= 11 is 6.05. The van der Waals surface area contributed by atoms with Crippen LogP contribution in [-0.4, -0.2) is 48.9 Å². The fourth-order valence-corrected chi connectivity index (χ4v) is 2.88. The first kappa shape index (κ1) is 24.7. The zero-order chi connectivity index (χ0) is 23.7. The molecule has 0 saturated carbocycles. The maximum atomic E-state index is 12.6. The Balaban J connectivity index is 2.04. The minimum absolute atomic E-state index is 0.206. The molecule has 1 unspecified atom stereocenters. The number of hydrazone groups is 1. The summed E-state index contributed by atoms with van der Waals surface area (Å²) in [6, 6.07) is 10.4. The van der Waals surface area contributed by atoms with Gasteiger partial charge in [0.1, 0.15) is 6.04 Å². The first-order chi connectivity index (χ1) is 15.2. The second-order valence-corrected chi connectivity index (χ2v) is 7.41. The van der Waals surface area contributed by atoms with Crippen molar-refractivity contribution in [3.63, 3.8) is 0 Å². The molecule has 0 heterocycles. The zero-order valence-corrected chi connectivity index (χ0v) is 18.6. The molecule has 0 radical (unpaired) electrons. The van der Waals surface area contributed by atoms with E-state index < -0.39 is 30.4 Å². The van der Waals surface area contributed by atoms with Crippen molar-refractivity contribution in [2.75, 3.05) is 13.7 Å². The highest BCUT2D eigenvalue weighted by Crippen LogP contribution is 2.27. The van der Waals surface area contributed by atoms with E-state index in [1.54, 1.807) is 50.2 Å². The molecule has 170 valence electrons. The SMILES string of the molecule is COc1cc(C=NNC(=O)C(NC(=O)c2ccccc2Cl)C(C)C)ccc1OCC(=O)O. The Labute approximate surface area is 190 Å². The molecule has 0 spiro atoms. The van der Waals surface area contributed by atoms with Crippen LogP contribution >= 0.6 is 11.6 Å². The van der Waals surface area contributed by atoms with Gasteiger partial charge in [-0.15, -0.1) is 0 Å². The average Bonchev–Trinajstić information content (AvgIpc) is 2.76. The number of carboxylic acids is 1. The van der Waals surface area contributed by atoms with E-state index in [0.717, 1.165) is 0 Å². The van der Waals surface area contributed by atoms with Gasteiger partial charge >= 0.3 is 5.97 Å². The monoisotopic (exact) mass is 461 g/mol. The average molecular weight is 462 g/mol. The van der Waals surface area contributed by atoms with Crippen molar-refractivity contribution in [3.05, 3.63) is 58.6 Å². The first-order valence-electron chi connectivity index (χ1n) is 9.63. The highest BCUT2D eigenvalue weighted by molar-refractivity contribution is 6.33. The third-order valence-corrected chi connectivity index (χ3v) is 4.61. The standard InChI is InChI=1S/C22H24ClN3O6/c1-13(2)20(25-21(29)15-6-4-5-7-16(15)23)22(30)26-24-11-14-8-9-17(18(10-14)31-3)32-12-19(27)28/h4-11,13,20H,12H2,1-3H3,(H,25,29)(H,26,30)(H,27,28). The molecule has 0 saturated heterocycles. The lowest BCUT2D eigenvalue weighted by atomic mass is 10.0. The van der Waals surface area contributed by atoms with Gasteiger partial charge in [0, 0.05) is 0 Å². The van der Waals surface area contributed by atoms with Crippen LogP contribution < -0.4 is 20.2 Å². The molecule has 0 bridgehead atoms. The quantitative estimate of drug-likeness (QED) is 0.369. The van der Waals surface area contributed by atoms with Gasteiger partial charge in [0.25, 0.3) is 11.8 Å². The van der Waals surface area contributed by atoms with E-state index in [-0.39, 0.29) is 22.3 Å². The molecule has 32 heavy (non-hydrogen) atoms. The number of halogens is 1. The summed E-state index contributed by atoms with van der Waals surface area (Å²) in [7, 11) is 1.42. The number of carbonyl (C=O) groups is 3. The lowest BCUT2D eigenvalue weighted by Gasteiger charge is -2.20. The second kappa shape index (κ2) is 11.7. The number of hydrogen-bond acceptors (Lipinski definition) is 6. The van der Waals surface area contributed by atoms with Gasteiger partial charge in [-0.2, -0.15) is 5.10 Å². The number of aliphatic carboxylic acids is 1. The fourth-order valence-electron chi connectivity index (χ4n) is 2.66. The summed E-state index contributed by atoms with van der Waals surface area (Å²) in [5.41, 5.74) is 3.26. The molecule has 3 N–H and O–H groups in total. The van der Waals surface area contributed by atoms with E-state index >= 15 is 0 Å². The van der Waals surface area contributed by atoms with Crippen molar-refractivity contribution in [2.24, 2.45) is 11.0 Å². The third-order valence-electron chi connectivity index (χ3n) is 4.28. The summed E-state index contributed by atoms with van der Waals surface area (Å²) in [5, 5.41) is 15.6. The first-order valence-corrected chi connectivity index (χ1v) is 10.0. The van der Waals surface area contributed by atoms with E-state index in [0.29, 0.717) is 11.3 Å². The highest BCUT2D eigenvalue weighted by Gasteiger charge is 2.25. The molecule has 0 aliphatic heterocycles. The molecule has 0 aliphatic rings. The van der Waals surface area contributed by atoms with Crippen LogP contribution in [0.25, 0.3) is 0 Å². The van der Waals surface area contributed by atoms with Crippen LogP contribution in [0.2, 0.25) is 5.02 Å². The van der Waals surface area contributed by atoms with E-state index in [4.69, 9.17) is 26.2 Å². The van der Waals surface area contributed by atoms with Gasteiger partial charge in [0.2, 0.25) is 0 Å². The number of carboxylic acid groups (broad SMARTS) is 1. The van der Waals surface area contributed by atoms with Crippen molar-refractivity contribution in [1.82, 2.24) is 10.7 Å². The number of nitrogens with one attached hydrogen (secondary N) is 2. The number of benzene rings is 2. The van der Waals surface area contributed by atoms with Crippen LogP contribution in [-0.2, 0) is 9.59 Å². The minimum Gasteiger partial charge on any atom is -0.493 e. The zero-order valence-electron chi connectivity index (χ0n) is 17.8. The Morgan fingerprint density at radius 3 is 2.50 bits per heavy atom. The van der Waals surface area contributed by atoms with Crippen molar-refractivity contribution in [1.29, 1.82) is 0 Å². The number of methoxy groups -OCH3 is 1. The molecule has 2 aromatic rings. The largest absolute Gasteiger partial charge is 0.493 e. The van der Waals surface area contributed by atoms with E-state index in [1.807, 2.05) is 0 Å². The van der Waals surface area contributed by atoms with Crippen molar-refractivity contribution in [3.8, 4) is 11.5 Å². The number of nitrogens with zero attached hydrogens (tertiary/aromatic N) is 1. The summed E-state index contributed by atoms with van der Waals surface area (Å²) in [4.78, 5) is 35.7. The number of ether oxygens (including phenoxy) is 2. The summed E-state index contributed by atoms with van der Waals surface area (Å²) in [6.45, 7) is 3.08. The van der Waals surface area contributed by atoms with Crippen LogP contribution in [0.4, 0.5) is 0 Å². The van der Waals surface area contributed by atoms with Gasteiger partial charge in [0.05, 0.1) is 23.9 Å². The lowest BCUT2D eigenvalue weighted by Crippen LogP contribution is -2.48. The maximum absolute atomic E-state index is 12.6. The van der Waals surface area contributed by atoms with Crippen LogP contribution in [0.1, 0.15) is 29.8 Å². The molecular formula is C22H24ClN3O6. The molecule has 2 rings (SSSR count). The number of carbonyl (C=O) groups excluding carboxylic acids is 2. The smallest absolute Gasteiger partial charge is 0.341 e. The Morgan fingerprint density at radius 1 is 1.16 bits per heavy atom. The molecule has 0 aliphatic carbocycles. The fraction of sp³-hybridized carbons (Fsp3) is 0.273. The van der Waals surface area contributed by atoms with E-state index in [2.05, 4.69) is 15.8 Å². The normalized spacial score (nSPS) is 11.8. The number of amides is 2. The Hall–Kier alpha value is -3.59. The number of rotatable bonds is 10. The summed E-state index contributed by atoms with van der Waals surface area (Å²) < 4.78 is 10.3. The molecular weight excluding hydrogens is 438 g/mol. The predicted molar refractivity (Wildman–Crippen MR) is 119 cm³/mol. The van der Waals surface area contributed by atoms with Crippen LogP contribution in [0, 0.1) is 5.92 Å². The predicted octanol–water partition coefficient (Wildman–Crippen LogP) is 2.72. The summed E-state index contributed by atoms with van der Waals surface area (Å²) in [5.74, 6) is -1.70. The molecule has 2 aromatic carbocycles. The molecule has 0 fully saturated rings. The molecule has 1 atom stereocenters. The van der Waals surface area contributed by atoms with Crippen LogP contribution in [0.3, 0.4) is 0 Å². The Kier molecular flexibility index (Phi) is 9.03. The van der Waals surface area contributed by atoms with Gasteiger partial charge in [-0.1, -0.05) is 37.6 Å². The van der Waals surface area contributed by atoms with E-state index in [9.17, 15) is 14.4 Å². The number of hydrogen-bond donors (Lipinski definition) is 3. The maximum Gasteiger partial charge on any atom is 0.341 e. The third kappa shape index (κ3) is 6.98. The van der Waals surface area contributed by atoms with Gasteiger partial charge in [-0.05, 0) is 41.8 Å². The Bertz CT molecular complexity index is 1010. The molecule has 0 aromatic heterocycles. The van der Waals surface area contributed by atoms with Crippen LogP contribution in [0.5, 0.6) is 11.5 Å². The van der Waals surface area contributed by atoms with Crippen molar-refractivity contribution in [2.45, 2.75) is 19.9 Å². The topological polar surface area (TPSA) is 126 Å². The highest BCUT2D eigenvalue weighted by atomic mass is 35.5. The van der Waals surface area contributed by atoms with Crippen molar-refractivity contribution < 1.29 is 29.0 Å². The minimum atomic E-state index is -1.11. The van der Waals surface area contributed by atoms with Gasteiger partial charge in [0.15, 0.2) is 18.1 Å². The van der Waals surface area contributed by atoms with Gasteiger partial charge in [-0.25, -0.2) is 10.2 Å². The summed E-state index contributed by atoms with van der Waals surface area (Å²) in [6.07, 6.45) is 1.38. The molecule has 9 nitrogen and oxygen atoms in total. The second-order valence-electron chi connectivity index (χ2n) is 7.00. The lowest BCUT2D eigenvalue weighted by molar-refractivity contribution is -0.139. The van der Waals surface area contributed by atoms with Crippen molar-refractivity contribution >= 4 is 35.6 Å². The molecule has 10 heteroatoms. The van der Waals surface area contributed by atoms with E-state index in [1.165, 1.54) is 19.4 Å².